The van der Waals surface area contributed by atoms with Crippen molar-refractivity contribution in [3.8, 4) is 0 Å². The lowest BCUT2D eigenvalue weighted by atomic mass is 9.88. The second-order valence-electron chi connectivity index (χ2n) is 7.13. The van der Waals surface area contributed by atoms with Crippen LogP contribution in [0.15, 0.2) is 54.6 Å². The lowest BCUT2D eigenvalue weighted by molar-refractivity contribution is 0.132. The van der Waals surface area contributed by atoms with Crippen LogP contribution >= 0.6 is 11.6 Å². The summed E-state index contributed by atoms with van der Waals surface area (Å²) in [5.41, 5.74) is 2.11. The van der Waals surface area contributed by atoms with Crippen LogP contribution in [0.4, 0.5) is 10.5 Å². The summed E-state index contributed by atoms with van der Waals surface area (Å²) in [5, 5.41) is 4.47. The highest BCUT2D eigenvalue weighted by Crippen LogP contribution is 2.39. The van der Waals surface area contributed by atoms with Gasteiger partial charge in [0, 0.05) is 22.8 Å². The van der Waals surface area contributed by atoms with Gasteiger partial charge in [0.2, 0.25) is 0 Å². The molecule has 2 aromatic rings. The molecule has 1 amide bonds. The Morgan fingerprint density at radius 3 is 2.46 bits per heavy atom. The third kappa shape index (κ3) is 3.44. The fraction of sp³-hybridized carbons (Fsp3) is 0.381. The summed E-state index contributed by atoms with van der Waals surface area (Å²) in [7, 11) is 0. The number of anilines is 1. The molecule has 5 heteroatoms. The molecule has 1 aliphatic carbocycles. The Labute approximate surface area is 159 Å². The first kappa shape index (κ1) is 17.4. The number of halogens is 1. The lowest BCUT2D eigenvalue weighted by Gasteiger charge is -2.32. The molecule has 1 N–H and O–H groups in total. The first-order valence-electron chi connectivity index (χ1n) is 9.21. The van der Waals surface area contributed by atoms with Crippen molar-refractivity contribution in [1.82, 2.24) is 5.32 Å². The average Bonchev–Trinajstić information content (AvgIpc) is 3.29. The van der Waals surface area contributed by atoms with Crippen molar-refractivity contribution in [2.24, 2.45) is 0 Å². The van der Waals surface area contributed by atoms with E-state index in [2.05, 4.69) is 17.4 Å². The number of nitrogens with zero attached hydrogens (tertiary/aromatic N) is 1. The summed E-state index contributed by atoms with van der Waals surface area (Å²) in [6.45, 7) is 1.23. The summed E-state index contributed by atoms with van der Waals surface area (Å²) in [6, 6.07) is 17.8. The quantitative estimate of drug-likeness (QED) is 0.827. The van der Waals surface area contributed by atoms with Crippen molar-refractivity contribution in [3.63, 3.8) is 0 Å². The van der Waals surface area contributed by atoms with Gasteiger partial charge >= 0.3 is 6.09 Å². The van der Waals surface area contributed by atoms with Crippen LogP contribution in [0.3, 0.4) is 0 Å². The number of carbonyl (C=O) groups is 1. The number of amides is 1. The van der Waals surface area contributed by atoms with Gasteiger partial charge in [0.1, 0.15) is 6.10 Å². The van der Waals surface area contributed by atoms with Gasteiger partial charge in [-0.05, 0) is 42.7 Å². The van der Waals surface area contributed by atoms with E-state index in [9.17, 15) is 4.79 Å². The Morgan fingerprint density at radius 1 is 1.08 bits per heavy atom. The SMILES string of the molecule is O=C1OC(CNC2(c3ccc(Cl)cc3)CCCC2)CN1c1ccccc1. The highest BCUT2D eigenvalue weighted by molar-refractivity contribution is 6.30. The zero-order chi connectivity index (χ0) is 18.0. The van der Waals surface area contributed by atoms with E-state index in [1.165, 1.54) is 18.4 Å². The van der Waals surface area contributed by atoms with Gasteiger partial charge < -0.3 is 10.1 Å². The van der Waals surface area contributed by atoms with E-state index in [0.717, 1.165) is 23.6 Å². The lowest BCUT2D eigenvalue weighted by Crippen LogP contribution is -2.44. The van der Waals surface area contributed by atoms with Gasteiger partial charge in [0.15, 0.2) is 0 Å². The summed E-state index contributed by atoms with van der Waals surface area (Å²) in [6.07, 6.45) is 4.18. The number of para-hydroxylation sites is 1. The van der Waals surface area contributed by atoms with Crippen LogP contribution < -0.4 is 10.2 Å². The van der Waals surface area contributed by atoms with E-state index in [0.29, 0.717) is 13.1 Å². The van der Waals surface area contributed by atoms with Crippen molar-refractivity contribution in [2.75, 3.05) is 18.0 Å². The minimum atomic E-state index is -0.269. The van der Waals surface area contributed by atoms with E-state index in [-0.39, 0.29) is 17.7 Å². The Morgan fingerprint density at radius 2 is 1.77 bits per heavy atom. The zero-order valence-corrected chi connectivity index (χ0v) is 15.4. The predicted octanol–water partition coefficient (Wildman–Crippen LogP) is 4.72. The fourth-order valence-corrected chi connectivity index (χ4v) is 4.20. The number of cyclic esters (lactones) is 1. The van der Waals surface area contributed by atoms with Crippen LogP contribution in [-0.4, -0.2) is 25.3 Å². The molecule has 0 aromatic heterocycles. The van der Waals surface area contributed by atoms with Crippen LogP contribution in [0.1, 0.15) is 31.2 Å². The minimum absolute atomic E-state index is 0.0445. The van der Waals surface area contributed by atoms with Gasteiger partial charge in [0.25, 0.3) is 0 Å². The molecule has 1 saturated carbocycles. The number of hydrogen-bond donors (Lipinski definition) is 1. The monoisotopic (exact) mass is 370 g/mol. The molecule has 4 nitrogen and oxygen atoms in total. The molecule has 0 bridgehead atoms. The molecular weight excluding hydrogens is 348 g/mol. The van der Waals surface area contributed by atoms with Crippen molar-refractivity contribution >= 4 is 23.4 Å². The number of hydrogen-bond acceptors (Lipinski definition) is 3. The van der Waals surface area contributed by atoms with Crippen molar-refractivity contribution < 1.29 is 9.53 Å². The van der Waals surface area contributed by atoms with Gasteiger partial charge in [0.05, 0.1) is 6.54 Å². The number of nitrogens with one attached hydrogen (secondary N) is 1. The number of ether oxygens (including phenoxy) is 1. The zero-order valence-electron chi connectivity index (χ0n) is 14.7. The van der Waals surface area contributed by atoms with Gasteiger partial charge in [-0.15, -0.1) is 0 Å². The standard InChI is InChI=1S/C21H23ClN2O2/c22-17-10-8-16(9-11-17)21(12-4-5-13-21)23-14-19-15-24(20(25)26-19)18-6-2-1-3-7-18/h1-3,6-11,19,23H,4-5,12-15H2. The van der Waals surface area contributed by atoms with Crippen LogP contribution in [0.25, 0.3) is 0 Å². The maximum atomic E-state index is 12.2. The fourth-order valence-electron chi connectivity index (χ4n) is 4.07. The first-order valence-corrected chi connectivity index (χ1v) is 9.58. The molecule has 1 atom stereocenters. The third-order valence-electron chi connectivity index (χ3n) is 5.46. The van der Waals surface area contributed by atoms with E-state index < -0.39 is 0 Å². The molecule has 1 aliphatic heterocycles. The maximum absolute atomic E-state index is 12.2. The second kappa shape index (κ2) is 7.29. The van der Waals surface area contributed by atoms with Gasteiger partial charge in [-0.3, -0.25) is 4.90 Å². The largest absolute Gasteiger partial charge is 0.443 e. The van der Waals surface area contributed by atoms with Crippen LogP contribution in [-0.2, 0) is 10.3 Å². The van der Waals surface area contributed by atoms with Crippen LogP contribution in [0, 0.1) is 0 Å². The normalized spacial score (nSPS) is 21.8. The van der Waals surface area contributed by atoms with E-state index in [1.807, 2.05) is 42.5 Å². The van der Waals surface area contributed by atoms with Gasteiger partial charge in [-0.1, -0.05) is 54.8 Å². The molecule has 2 aliphatic rings. The smallest absolute Gasteiger partial charge is 0.414 e. The topological polar surface area (TPSA) is 41.6 Å². The Balaban J connectivity index is 1.44. The molecule has 0 radical (unpaired) electrons. The summed E-state index contributed by atoms with van der Waals surface area (Å²) in [5.74, 6) is 0. The van der Waals surface area contributed by atoms with Gasteiger partial charge in [-0.2, -0.15) is 0 Å². The van der Waals surface area contributed by atoms with Crippen LogP contribution in [0.2, 0.25) is 5.02 Å². The van der Waals surface area contributed by atoms with Crippen molar-refractivity contribution in [1.29, 1.82) is 0 Å². The number of benzene rings is 2. The molecule has 1 heterocycles. The molecule has 2 fully saturated rings. The van der Waals surface area contributed by atoms with Gasteiger partial charge in [-0.25, -0.2) is 4.79 Å². The van der Waals surface area contributed by atoms with E-state index in [1.54, 1.807) is 4.90 Å². The molecule has 1 unspecified atom stereocenters. The first-order chi connectivity index (χ1) is 12.7. The molecule has 2 aromatic carbocycles. The molecule has 1 saturated heterocycles. The number of carbonyl (C=O) groups excluding carboxylic acids is 1. The highest BCUT2D eigenvalue weighted by Gasteiger charge is 2.38. The third-order valence-corrected chi connectivity index (χ3v) is 5.72. The Hall–Kier alpha value is -2.04. The minimum Gasteiger partial charge on any atom is -0.443 e. The number of rotatable bonds is 5. The molecule has 4 rings (SSSR count). The second-order valence-corrected chi connectivity index (χ2v) is 7.57. The molecular formula is C21H23ClN2O2. The van der Waals surface area contributed by atoms with Crippen LogP contribution in [0.5, 0.6) is 0 Å². The van der Waals surface area contributed by atoms with E-state index >= 15 is 0 Å². The molecule has 136 valence electrons. The van der Waals surface area contributed by atoms with Crippen molar-refractivity contribution in [3.05, 3.63) is 65.2 Å². The molecule has 0 spiro atoms. The van der Waals surface area contributed by atoms with Crippen molar-refractivity contribution in [2.45, 2.75) is 37.3 Å². The Kier molecular flexibility index (Phi) is 4.88. The molecule has 26 heavy (non-hydrogen) atoms. The average molecular weight is 371 g/mol. The van der Waals surface area contributed by atoms with E-state index in [4.69, 9.17) is 16.3 Å². The maximum Gasteiger partial charge on any atom is 0.414 e. The summed E-state index contributed by atoms with van der Waals surface area (Å²) in [4.78, 5) is 13.9. The summed E-state index contributed by atoms with van der Waals surface area (Å²) < 4.78 is 5.59. The highest BCUT2D eigenvalue weighted by atomic mass is 35.5. The Bertz CT molecular complexity index is 757. The summed E-state index contributed by atoms with van der Waals surface area (Å²) >= 11 is 6.05. The predicted molar refractivity (Wildman–Crippen MR) is 104 cm³/mol.